The van der Waals surface area contributed by atoms with Crippen molar-refractivity contribution in [1.29, 1.82) is 0 Å². The van der Waals surface area contributed by atoms with E-state index in [2.05, 4.69) is 4.74 Å². The second kappa shape index (κ2) is 6.36. The number of carboxylic acid groups (broad SMARTS) is 1. The first kappa shape index (κ1) is 15.7. The number of hydrogen-bond donors (Lipinski definition) is 1. The number of carbonyl (C=O) groups is 1. The molecule has 1 aromatic rings. The van der Waals surface area contributed by atoms with E-state index in [9.17, 15) is 18.7 Å². The minimum atomic E-state index is -3.01. The fraction of sp³-hybridized carbons (Fsp3) is 0.500. The molecule has 1 aromatic carbocycles. The number of alkyl halides is 2. The Bertz CT molecular complexity index is 506. The number of nitrogens with zero attached hydrogens (tertiary/aromatic N) is 1. The highest BCUT2D eigenvalue weighted by molar-refractivity contribution is 5.81. The second-order valence-electron chi connectivity index (χ2n) is 4.85. The number of morpholine rings is 1. The molecule has 1 aliphatic rings. The zero-order valence-electron chi connectivity index (χ0n) is 11.6. The Labute approximate surface area is 121 Å². The first-order chi connectivity index (χ1) is 9.96. The third-order valence-corrected chi connectivity index (χ3v) is 3.69. The molecule has 5 nitrogen and oxygen atoms in total. The predicted octanol–water partition coefficient (Wildman–Crippen LogP) is 1.92. The number of rotatable bonds is 5. The number of carboxylic acids is 1. The summed E-state index contributed by atoms with van der Waals surface area (Å²) in [6.07, 6.45) is 0. The summed E-state index contributed by atoms with van der Waals surface area (Å²) in [5, 5.41) is 9.67. The Kier molecular flexibility index (Phi) is 4.74. The quantitative estimate of drug-likeness (QED) is 0.900. The van der Waals surface area contributed by atoms with Gasteiger partial charge in [0, 0.05) is 18.7 Å². The third kappa shape index (κ3) is 3.14. The highest BCUT2D eigenvalue weighted by Crippen LogP contribution is 2.36. The maximum Gasteiger partial charge on any atom is 0.387 e. The van der Waals surface area contributed by atoms with Gasteiger partial charge in [0.15, 0.2) is 0 Å². The zero-order valence-corrected chi connectivity index (χ0v) is 11.6. The summed E-state index contributed by atoms with van der Waals surface area (Å²) in [7, 11) is 0. The van der Waals surface area contributed by atoms with E-state index in [1.165, 1.54) is 25.1 Å². The van der Waals surface area contributed by atoms with Crippen LogP contribution in [0, 0.1) is 0 Å². The van der Waals surface area contributed by atoms with Gasteiger partial charge in [0.2, 0.25) is 0 Å². The first-order valence-electron chi connectivity index (χ1n) is 6.56. The SMILES string of the molecule is CC(C(=O)O)(c1ccccc1OC(F)F)N1CCOCC1. The molecule has 0 radical (unpaired) electrons. The van der Waals surface area contributed by atoms with Crippen LogP contribution >= 0.6 is 0 Å². The van der Waals surface area contributed by atoms with Crippen molar-refractivity contribution in [1.82, 2.24) is 4.90 Å². The molecule has 0 saturated carbocycles. The molecular weight excluding hydrogens is 284 g/mol. The minimum absolute atomic E-state index is 0.121. The Morgan fingerprint density at radius 3 is 2.57 bits per heavy atom. The Hall–Kier alpha value is -1.73. The number of benzene rings is 1. The Morgan fingerprint density at radius 2 is 2.00 bits per heavy atom. The molecule has 0 aliphatic carbocycles. The highest BCUT2D eigenvalue weighted by Gasteiger charge is 2.44. The van der Waals surface area contributed by atoms with E-state index in [0.29, 0.717) is 26.3 Å². The van der Waals surface area contributed by atoms with Gasteiger partial charge in [-0.25, -0.2) is 4.79 Å². The van der Waals surface area contributed by atoms with Crippen LogP contribution in [0.2, 0.25) is 0 Å². The van der Waals surface area contributed by atoms with Gasteiger partial charge in [-0.15, -0.1) is 0 Å². The normalized spacial score (nSPS) is 19.2. The molecule has 1 saturated heterocycles. The molecule has 1 fully saturated rings. The lowest BCUT2D eigenvalue weighted by Crippen LogP contribution is -2.54. The summed E-state index contributed by atoms with van der Waals surface area (Å²) < 4.78 is 34.8. The topological polar surface area (TPSA) is 59.0 Å². The van der Waals surface area contributed by atoms with E-state index in [4.69, 9.17) is 4.74 Å². The van der Waals surface area contributed by atoms with Gasteiger partial charge < -0.3 is 14.6 Å². The summed E-state index contributed by atoms with van der Waals surface area (Å²) in [5.74, 6) is -1.24. The largest absolute Gasteiger partial charge is 0.480 e. The lowest BCUT2D eigenvalue weighted by atomic mass is 9.88. The van der Waals surface area contributed by atoms with E-state index in [1.807, 2.05) is 0 Å². The van der Waals surface area contributed by atoms with Crippen molar-refractivity contribution in [2.24, 2.45) is 0 Å². The van der Waals surface area contributed by atoms with Gasteiger partial charge in [0.1, 0.15) is 11.3 Å². The average Bonchev–Trinajstić information content (AvgIpc) is 2.47. The molecule has 0 bridgehead atoms. The lowest BCUT2D eigenvalue weighted by molar-refractivity contribution is -0.155. The highest BCUT2D eigenvalue weighted by atomic mass is 19.3. The van der Waals surface area contributed by atoms with Crippen molar-refractivity contribution >= 4 is 5.97 Å². The molecule has 1 N–H and O–H groups in total. The number of ether oxygens (including phenoxy) is 2. The van der Waals surface area contributed by atoms with E-state index < -0.39 is 18.1 Å². The summed E-state index contributed by atoms with van der Waals surface area (Å²) in [4.78, 5) is 13.5. The summed E-state index contributed by atoms with van der Waals surface area (Å²) in [5.41, 5.74) is -1.24. The van der Waals surface area contributed by atoms with Crippen molar-refractivity contribution < 1.29 is 28.2 Å². The molecule has 1 unspecified atom stereocenters. The molecular formula is C14H17F2NO4. The average molecular weight is 301 g/mol. The van der Waals surface area contributed by atoms with Gasteiger partial charge in [0.05, 0.1) is 13.2 Å². The van der Waals surface area contributed by atoms with E-state index >= 15 is 0 Å². The van der Waals surface area contributed by atoms with Crippen LogP contribution in [-0.2, 0) is 15.1 Å². The fourth-order valence-corrected chi connectivity index (χ4v) is 2.50. The van der Waals surface area contributed by atoms with Gasteiger partial charge in [0.25, 0.3) is 0 Å². The van der Waals surface area contributed by atoms with Crippen LogP contribution in [0.3, 0.4) is 0 Å². The molecule has 1 aliphatic heterocycles. The van der Waals surface area contributed by atoms with Crippen molar-refractivity contribution in [3.63, 3.8) is 0 Å². The number of para-hydroxylation sites is 1. The molecule has 1 heterocycles. The second-order valence-corrected chi connectivity index (χ2v) is 4.85. The van der Waals surface area contributed by atoms with E-state index in [-0.39, 0.29) is 11.3 Å². The van der Waals surface area contributed by atoms with Crippen LogP contribution < -0.4 is 4.74 Å². The Morgan fingerprint density at radius 1 is 1.38 bits per heavy atom. The summed E-state index contributed by atoms with van der Waals surface area (Å²) >= 11 is 0. The molecule has 0 aromatic heterocycles. The minimum Gasteiger partial charge on any atom is -0.480 e. The van der Waals surface area contributed by atoms with Crippen molar-refractivity contribution in [3.05, 3.63) is 29.8 Å². The first-order valence-corrected chi connectivity index (χ1v) is 6.56. The fourth-order valence-electron chi connectivity index (χ4n) is 2.50. The van der Waals surface area contributed by atoms with E-state index in [1.54, 1.807) is 11.0 Å². The van der Waals surface area contributed by atoms with Crippen LogP contribution in [0.15, 0.2) is 24.3 Å². The van der Waals surface area contributed by atoms with Crippen molar-refractivity contribution in [3.8, 4) is 5.75 Å². The smallest absolute Gasteiger partial charge is 0.387 e. The van der Waals surface area contributed by atoms with Gasteiger partial charge >= 0.3 is 12.6 Å². The lowest BCUT2D eigenvalue weighted by Gasteiger charge is -2.40. The van der Waals surface area contributed by atoms with Gasteiger partial charge in [-0.3, -0.25) is 4.90 Å². The molecule has 7 heteroatoms. The maximum atomic E-state index is 12.5. The molecule has 0 amide bonds. The molecule has 2 rings (SSSR count). The van der Waals surface area contributed by atoms with Crippen LogP contribution in [0.4, 0.5) is 8.78 Å². The van der Waals surface area contributed by atoms with Crippen LogP contribution in [0.5, 0.6) is 5.75 Å². The van der Waals surface area contributed by atoms with Gasteiger partial charge in [-0.2, -0.15) is 8.78 Å². The number of aliphatic carboxylic acids is 1. The van der Waals surface area contributed by atoms with Gasteiger partial charge in [-0.05, 0) is 13.0 Å². The zero-order chi connectivity index (χ0) is 15.5. The van der Waals surface area contributed by atoms with Crippen LogP contribution in [0.25, 0.3) is 0 Å². The van der Waals surface area contributed by atoms with Crippen molar-refractivity contribution in [2.45, 2.75) is 19.1 Å². The standard InChI is InChI=1S/C14H17F2NO4/c1-14(12(18)19,17-6-8-20-9-7-17)10-4-2-3-5-11(10)21-13(15)16/h2-5,13H,6-9H2,1H3,(H,18,19). The number of hydrogen-bond acceptors (Lipinski definition) is 4. The summed E-state index contributed by atoms with van der Waals surface area (Å²) in [6.45, 7) is 0.113. The molecule has 0 spiro atoms. The van der Waals surface area contributed by atoms with Crippen LogP contribution in [-0.4, -0.2) is 48.9 Å². The maximum absolute atomic E-state index is 12.5. The Balaban J connectivity index is 2.44. The molecule has 116 valence electrons. The summed E-state index contributed by atoms with van der Waals surface area (Å²) in [6, 6.07) is 5.99. The third-order valence-electron chi connectivity index (χ3n) is 3.69. The van der Waals surface area contributed by atoms with E-state index in [0.717, 1.165) is 0 Å². The number of halogens is 2. The molecule has 21 heavy (non-hydrogen) atoms. The van der Waals surface area contributed by atoms with Gasteiger partial charge in [-0.1, -0.05) is 18.2 Å². The van der Waals surface area contributed by atoms with Crippen molar-refractivity contribution in [2.75, 3.05) is 26.3 Å². The molecule has 1 atom stereocenters. The predicted molar refractivity (Wildman–Crippen MR) is 70.5 cm³/mol. The monoisotopic (exact) mass is 301 g/mol. The van der Waals surface area contributed by atoms with Crippen LogP contribution in [0.1, 0.15) is 12.5 Å².